The number of nitrogens with two attached hydrogens (primary N) is 2. The summed E-state index contributed by atoms with van der Waals surface area (Å²) in [7, 11) is -4.34. The predicted octanol–water partition coefficient (Wildman–Crippen LogP) is 8.43. The molecular weight excluding hydrogens is 1100 g/mol. The van der Waals surface area contributed by atoms with Gasteiger partial charge in [0.1, 0.15) is 18.5 Å². The highest BCUT2D eigenvalue weighted by Crippen LogP contribution is 2.72. The van der Waals surface area contributed by atoms with Crippen LogP contribution in [0.25, 0.3) is 21.3 Å². The average molecular weight is 1170 g/mol. The molecule has 4 bridgehead atoms. The van der Waals surface area contributed by atoms with Crippen LogP contribution < -0.4 is 32.3 Å². The number of rotatable bonds is 24. The molecule has 0 spiro atoms. The van der Waals surface area contributed by atoms with Crippen LogP contribution in [-0.2, 0) is 45.0 Å². The van der Waals surface area contributed by atoms with Gasteiger partial charge in [-0.05, 0) is 147 Å². The second-order valence-electron chi connectivity index (χ2n) is 24.0. The third kappa shape index (κ3) is 13.7. The van der Waals surface area contributed by atoms with Crippen molar-refractivity contribution >= 4 is 75.7 Å². The summed E-state index contributed by atoms with van der Waals surface area (Å²) in [5.41, 5.74) is 16.3. The molecule has 6 aromatic rings. The first-order valence-corrected chi connectivity index (χ1v) is 30.7. The van der Waals surface area contributed by atoms with Gasteiger partial charge in [-0.2, -0.15) is 5.10 Å². The molecule has 440 valence electrons. The Morgan fingerprint density at radius 1 is 0.880 bits per heavy atom. The Kier molecular flexibility index (Phi) is 16.8. The van der Waals surface area contributed by atoms with E-state index in [4.69, 9.17) is 31.0 Å². The molecule has 4 fully saturated rings. The summed E-state index contributed by atoms with van der Waals surface area (Å²) in [5, 5.41) is 24.7. The van der Waals surface area contributed by atoms with Gasteiger partial charge in [0.2, 0.25) is 5.91 Å². The van der Waals surface area contributed by atoms with Gasteiger partial charge in [0.05, 0.1) is 34.8 Å². The van der Waals surface area contributed by atoms with Crippen LogP contribution in [0.5, 0.6) is 0 Å². The molecule has 1 aliphatic heterocycles. The number of pyridine rings is 1. The van der Waals surface area contributed by atoms with E-state index in [1.54, 1.807) is 42.6 Å². The highest BCUT2D eigenvalue weighted by Gasteiger charge is 2.66. The lowest BCUT2D eigenvalue weighted by Gasteiger charge is -2.69. The SMILES string of the molecule is Cc1c(-c2ccc(N3CCc4cccc(C(=O)Nc5nc6ccccc6s5)c4C3)nc2C(=O)O)cnn1CC12CC3(C)CC(C)(C1)CC(OCCN(CCCP(=O)(O)O)C(=O)OCc1ccc(N[C@@H](CCCNC(N)=O)C(N)=O)cc1)(C3)C2. The van der Waals surface area contributed by atoms with Crippen LogP contribution >= 0.6 is 18.9 Å². The van der Waals surface area contributed by atoms with Crippen LogP contribution in [0.2, 0.25) is 0 Å². The number of carbonyl (C=O) groups excluding carboxylic acids is 4. The van der Waals surface area contributed by atoms with Gasteiger partial charge in [0, 0.05) is 67.3 Å². The zero-order valence-corrected chi connectivity index (χ0v) is 48.6. The summed E-state index contributed by atoms with van der Waals surface area (Å²) in [6.07, 6.45) is 7.55. The number of benzene rings is 3. The molecule has 22 nitrogen and oxygen atoms in total. The summed E-state index contributed by atoms with van der Waals surface area (Å²) in [6, 6.07) is 22.7. The normalized spacial score (nSPS) is 22.0. The van der Waals surface area contributed by atoms with Gasteiger partial charge in [-0.25, -0.2) is 24.4 Å². The molecule has 10 N–H and O–H groups in total. The number of primary amides is 2. The van der Waals surface area contributed by atoms with E-state index in [2.05, 4.69) is 34.8 Å². The Morgan fingerprint density at radius 2 is 1.64 bits per heavy atom. The number of nitrogens with one attached hydrogen (secondary N) is 3. The molecule has 0 radical (unpaired) electrons. The van der Waals surface area contributed by atoms with Crippen molar-refractivity contribution in [3.8, 4) is 11.1 Å². The number of fused-ring (bicyclic) bond motifs is 2. The van der Waals surface area contributed by atoms with Crippen LogP contribution in [0.3, 0.4) is 0 Å². The second kappa shape index (κ2) is 23.7. The van der Waals surface area contributed by atoms with Crippen molar-refractivity contribution in [3.05, 3.63) is 119 Å². The van der Waals surface area contributed by atoms with Crippen LogP contribution in [0, 0.1) is 23.2 Å². The first-order chi connectivity index (χ1) is 39.5. The van der Waals surface area contributed by atoms with Gasteiger partial charge in [-0.15, -0.1) is 0 Å². The molecule has 83 heavy (non-hydrogen) atoms. The van der Waals surface area contributed by atoms with E-state index in [0.29, 0.717) is 84.3 Å². The molecule has 3 atom stereocenters. The number of anilines is 3. The van der Waals surface area contributed by atoms with E-state index >= 15 is 0 Å². The maximum absolute atomic E-state index is 13.8. The fraction of sp³-hybridized carbons (Fsp3) is 0.458. The highest BCUT2D eigenvalue weighted by molar-refractivity contribution is 7.51. The Balaban J connectivity index is 0.797. The number of hydrogen-bond acceptors (Lipinski definition) is 14. The van der Waals surface area contributed by atoms with Crippen molar-refractivity contribution in [2.75, 3.05) is 54.5 Å². The number of aromatic nitrogens is 4. The highest BCUT2D eigenvalue weighted by atomic mass is 32.1. The molecule has 24 heteroatoms. The fourth-order valence-electron chi connectivity index (χ4n) is 14.5. The number of carbonyl (C=O) groups is 5. The molecular formula is C59H72N11O11PS. The summed E-state index contributed by atoms with van der Waals surface area (Å²) in [6.45, 7) is 8.70. The minimum absolute atomic E-state index is 0.0372. The monoisotopic (exact) mass is 1170 g/mol. The van der Waals surface area contributed by atoms with Gasteiger partial charge < -0.3 is 56.3 Å². The average Bonchev–Trinajstić information content (AvgIpc) is 0.872. The van der Waals surface area contributed by atoms with Gasteiger partial charge in [-0.3, -0.25) is 24.2 Å². The molecule has 5 amide bonds. The number of carboxylic acid groups (broad SMARTS) is 1. The lowest BCUT2D eigenvalue weighted by molar-refractivity contribution is -0.248. The molecule has 3 aromatic heterocycles. The van der Waals surface area contributed by atoms with E-state index in [1.165, 1.54) is 16.2 Å². The summed E-state index contributed by atoms with van der Waals surface area (Å²) in [4.78, 5) is 95.9. The maximum Gasteiger partial charge on any atom is 0.410 e. The lowest BCUT2D eigenvalue weighted by Crippen LogP contribution is -2.64. The van der Waals surface area contributed by atoms with Crippen molar-refractivity contribution in [2.45, 2.75) is 116 Å². The smallest absolute Gasteiger partial charge is 0.410 e. The van der Waals surface area contributed by atoms with Gasteiger partial charge >= 0.3 is 25.7 Å². The Morgan fingerprint density at radius 3 is 2.35 bits per heavy atom. The van der Waals surface area contributed by atoms with Crippen LogP contribution in [0.4, 0.5) is 26.2 Å². The Bertz CT molecular complexity index is 3440. The molecule has 4 aliphatic carbocycles. The molecule has 4 heterocycles. The molecule has 2 unspecified atom stereocenters. The number of aromatic carboxylic acids is 1. The number of nitrogens with zero attached hydrogens (tertiary/aromatic N) is 6. The number of para-hydroxylation sites is 1. The second-order valence-corrected chi connectivity index (χ2v) is 26.8. The van der Waals surface area contributed by atoms with Crippen molar-refractivity contribution in [3.63, 3.8) is 0 Å². The van der Waals surface area contributed by atoms with Crippen LogP contribution in [-0.4, -0.2) is 120 Å². The zero-order valence-electron chi connectivity index (χ0n) is 46.9. The summed E-state index contributed by atoms with van der Waals surface area (Å²) < 4.78 is 27.6. The number of hydrogen-bond donors (Lipinski definition) is 8. The van der Waals surface area contributed by atoms with E-state index in [0.717, 1.165) is 65.6 Å². The minimum atomic E-state index is -4.34. The standard InChI is InChI=1S/C59H72N11O11PS/c1-37-43(41-18-19-48(66-49(41)52(73)74)69-23-20-39-9-6-10-42(44(39)28-69)51(72)67-54-65-45-11-4-5-13-47(45)83-54)27-63-70(37)36-58-31-56(2)30-57(3,32-58)34-59(33-56,35-58)81-25-24-68(22-8-26-82(77,78)79)55(76)80-29-38-14-16-40(17-15-38)64-46(50(60)71)12-7-21-62-53(61)75/h4-6,9-11,13-19,27,46,64H,7-8,12,20-26,28-36H2,1-3H3,(H2,60,71)(H,73,74)(H3,61,62,75)(H,65,67,72)(H2,77,78,79)/t46-,56?,57?,58?,59?/m0/s1. The number of ether oxygens (including phenoxy) is 2. The molecule has 4 saturated carbocycles. The van der Waals surface area contributed by atoms with Gasteiger partial charge in [-0.1, -0.05) is 61.6 Å². The zero-order chi connectivity index (χ0) is 58.9. The van der Waals surface area contributed by atoms with E-state index in [9.17, 15) is 43.4 Å². The van der Waals surface area contributed by atoms with Crippen molar-refractivity contribution in [1.29, 1.82) is 0 Å². The quantitative estimate of drug-likeness (QED) is 0.0208. The molecule has 3 aromatic carbocycles. The van der Waals surface area contributed by atoms with Gasteiger partial charge in [0.15, 0.2) is 10.8 Å². The maximum atomic E-state index is 13.8. The van der Waals surface area contributed by atoms with E-state index in [1.807, 2.05) is 59.0 Å². The lowest BCUT2D eigenvalue weighted by atomic mass is 9.39. The third-order valence-electron chi connectivity index (χ3n) is 16.8. The first kappa shape index (κ1) is 58.8. The predicted molar refractivity (Wildman–Crippen MR) is 314 cm³/mol. The summed E-state index contributed by atoms with van der Waals surface area (Å²) >= 11 is 1.41. The Hall–Kier alpha value is -7.43. The van der Waals surface area contributed by atoms with E-state index < -0.39 is 49.4 Å². The molecule has 11 rings (SSSR count). The summed E-state index contributed by atoms with van der Waals surface area (Å²) in [5.74, 6) is -1.50. The minimum Gasteiger partial charge on any atom is -0.476 e. The largest absolute Gasteiger partial charge is 0.476 e. The topological polar surface area (TPSA) is 320 Å². The van der Waals surface area contributed by atoms with Crippen molar-refractivity contribution < 1.29 is 52.9 Å². The molecule has 0 saturated heterocycles. The number of amides is 5. The number of thiazole rings is 1. The van der Waals surface area contributed by atoms with Crippen LogP contribution in [0.15, 0.2) is 85.1 Å². The first-order valence-electron chi connectivity index (χ1n) is 28.1. The third-order valence-corrected chi connectivity index (χ3v) is 18.7. The number of urea groups is 1. The molecule has 5 aliphatic rings. The van der Waals surface area contributed by atoms with Crippen LogP contribution in [0.1, 0.15) is 115 Å². The number of carboxylic acids is 1. The van der Waals surface area contributed by atoms with Crippen molar-refractivity contribution in [2.24, 2.45) is 27.7 Å². The fourth-order valence-corrected chi connectivity index (χ4v) is 15.9. The van der Waals surface area contributed by atoms with E-state index in [-0.39, 0.29) is 60.6 Å². The Labute approximate surface area is 484 Å². The van der Waals surface area contributed by atoms with Crippen molar-refractivity contribution in [1.82, 2.24) is 30.0 Å². The van der Waals surface area contributed by atoms with Gasteiger partial charge in [0.25, 0.3) is 5.91 Å².